The average molecular weight is 945 g/mol. The van der Waals surface area contributed by atoms with Crippen molar-refractivity contribution >= 4 is 39.7 Å². The first-order valence-corrected chi connectivity index (χ1v) is 25.3. The van der Waals surface area contributed by atoms with Crippen LogP contribution in [0.3, 0.4) is 0 Å². The summed E-state index contributed by atoms with van der Waals surface area (Å²) in [5.74, 6) is 6.24. The molecular formula is C47H49GeIrN3O-2. The quantitative estimate of drug-likeness (QED) is 0.123. The van der Waals surface area contributed by atoms with Crippen molar-refractivity contribution in [2.24, 2.45) is 5.41 Å². The summed E-state index contributed by atoms with van der Waals surface area (Å²) < 4.78 is 74.2. The SMILES string of the molecule is [2H]C([2H])(c1cc(-c2[c-]cccc2)nc[c]1[Ge]([CH3])([CH3])[CH3])C(C)(C)C.[2H]c1c([2H])c([2H])c(-c2ccc3c(n2)oc2c(-c4cc(C5([2H])CCCCC5)ccn4)[c-]ccc23)c([2H])c1[2H].[Ir]. The minimum absolute atomic E-state index is 0. The van der Waals surface area contributed by atoms with Crippen LogP contribution in [-0.2, 0) is 26.5 Å². The molecule has 0 amide bonds. The van der Waals surface area contributed by atoms with Crippen LogP contribution in [0.1, 0.15) is 80.9 Å². The van der Waals surface area contributed by atoms with E-state index < -0.39 is 49.1 Å². The molecule has 0 atom stereocenters. The van der Waals surface area contributed by atoms with Crippen LogP contribution in [0.2, 0.25) is 17.3 Å². The Bertz CT molecular complexity index is 2700. The van der Waals surface area contributed by atoms with E-state index >= 15 is 0 Å². The molecule has 0 saturated heterocycles. The molecule has 1 aliphatic rings. The predicted octanol–water partition coefficient (Wildman–Crippen LogP) is 12.2. The average Bonchev–Trinajstić information content (AvgIpc) is 3.60. The second kappa shape index (κ2) is 16.6. The molecule has 0 unspecified atom stereocenters. The molecule has 1 saturated carbocycles. The first kappa shape index (κ1) is 29.5. The summed E-state index contributed by atoms with van der Waals surface area (Å²) in [6.07, 6.45) is 7.17. The molecule has 7 aromatic rings. The third kappa shape index (κ3) is 9.26. The van der Waals surface area contributed by atoms with Crippen LogP contribution in [0.5, 0.6) is 0 Å². The van der Waals surface area contributed by atoms with E-state index in [1.165, 1.54) is 6.42 Å². The van der Waals surface area contributed by atoms with Gasteiger partial charge in [-0.25, -0.2) is 4.98 Å². The maximum absolute atomic E-state index is 9.01. The summed E-state index contributed by atoms with van der Waals surface area (Å²) in [7, 11) is 0. The molecule has 6 heteroatoms. The zero-order chi connectivity index (χ0) is 43.4. The summed E-state index contributed by atoms with van der Waals surface area (Å²) in [5, 5.41) is 1.55. The van der Waals surface area contributed by atoms with E-state index in [-0.39, 0.29) is 43.4 Å². The Labute approximate surface area is 342 Å². The van der Waals surface area contributed by atoms with Crippen LogP contribution in [-0.4, -0.2) is 28.2 Å². The standard InChI is InChI=1S/C28H23N2O.C19H26GeN.Ir/c1-3-8-19(9-4-1)21-16-17-29-26(18-21)24-13-7-12-22-23-14-15-25(20-10-5-2-6-11-20)30-28(23)31-27(22)24;1-19(2,3)13-16-12-18(15-10-8-7-9-11-15)21-14-17(16)20(4,5)6;/h2,5-7,10-12,14-19H,1,3-4,8-9H2;7-10,12,14H,13H2,1-6H3;/q2*-1;/i2D,5D,6D,10D,11D,19D;13D2;. The molecule has 1 radical (unpaired) electrons. The first-order chi connectivity index (χ1) is 28.2. The van der Waals surface area contributed by atoms with Crippen LogP contribution >= 0.6 is 0 Å². The number of furan rings is 1. The van der Waals surface area contributed by atoms with Crippen molar-refractivity contribution in [3.63, 3.8) is 0 Å². The summed E-state index contributed by atoms with van der Waals surface area (Å²) in [5.41, 5.74) is 5.43. The maximum Gasteiger partial charge on any atom is 0.216 e. The van der Waals surface area contributed by atoms with Gasteiger partial charge >= 0.3 is 135 Å². The van der Waals surface area contributed by atoms with Crippen molar-refractivity contribution in [2.75, 3.05) is 0 Å². The maximum atomic E-state index is 9.01. The van der Waals surface area contributed by atoms with Gasteiger partial charge in [-0.2, -0.15) is 0 Å². The van der Waals surface area contributed by atoms with Crippen molar-refractivity contribution in [1.82, 2.24) is 15.0 Å². The molecule has 0 bridgehead atoms. The molecule has 273 valence electrons. The number of aromatic nitrogens is 3. The summed E-state index contributed by atoms with van der Waals surface area (Å²) in [6.45, 7) is 5.88. The number of benzene rings is 3. The Morgan fingerprint density at radius 1 is 0.868 bits per heavy atom. The van der Waals surface area contributed by atoms with E-state index in [1.807, 2.05) is 81.6 Å². The predicted molar refractivity (Wildman–Crippen MR) is 219 cm³/mol. The van der Waals surface area contributed by atoms with Crippen LogP contribution in [0.15, 0.2) is 114 Å². The number of nitrogens with zero attached hydrogens (tertiary/aromatic N) is 3. The van der Waals surface area contributed by atoms with Gasteiger partial charge in [-0.3, -0.25) is 0 Å². The fourth-order valence-corrected chi connectivity index (χ4v) is 9.57. The Morgan fingerprint density at radius 3 is 2.38 bits per heavy atom. The molecule has 4 heterocycles. The molecule has 4 nitrogen and oxygen atoms in total. The van der Waals surface area contributed by atoms with Gasteiger partial charge < -0.3 is 9.40 Å². The molecule has 53 heavy (non-hydrogen) atoms. The normalized spacial score (nSPS) is 16.7. The van der Waals surface area contributed by atoms with Gasteiger partial charge in [0.2, 0.25) is 5.71 Å². The molecule has 4 aromatic heterocycles. The zero-order valence-corrected chi connectivity index (χ0v) is 35.6. The molecule has 0 spiro atoms. The number of rotatable bonds is 6. The monoisotopic (exact) mass is 946 g/mol. The molecule has 0 N–H and O–H groups in total. The van der Waals surface area contributed by atoms with E-state index in [4.69, 9.17) is 15.4 Å². The number of hydrogen-bond acceptors (Lipinski definition) is 4. The number of fused-ring (bicyclic) bond motifs is 3. The van der Waals surface area contributed by atoms with Gasteiger partial charge in [0.05, 0.1) is 18.1 Å². The molecule has 1 fully saturated rings. The van der Waals surface area contributed by atoms with Crippen molar-refractivity contribution in [3.8, 4) is 33.8 Å². The fourth-order valence-electron chi connectivity index (χ4n) is 6.64. The van der Waals surface area contributed by atoms with Gasteiger partial charge in [-0.15, -0.1) is 18.2 Å². The Morgan fingerprint density at radius 2 is 1.66 bits per heavy atom. The second-order valence-corrected chi connectivity index (χ2v) is 25.9. The number of pyridine rings is 3. The van der Waals surface area contributed by atoms with Gasteiger partial charge in [0.15, 0.2) is 0 Å². The van der Waals surface area contributed by atoms with Gasteiger partial charge in [-0.05, 0) is 42.6 Å². The molecular weight excluding hydrogens is 887 g/mol. The van der Waals surface area contributed by atoms with E-state index in [0.717, 1.165) is 63.2 Å². The van der Waals surface area contributed by atoms with E-state index in [1.54, 1.807) is 18.3 Å². The van der Waals surface area contributed by atoms with Crippen molar-refractivity contribution in [1.29, 1.82) is 0 Å². The Kier molecular flexibility index (Phi) is 9.24. The molecule has 0 aliphatic heterocycles. The van der Waals surface area contributed by atoms with Crippen LogP contribution in [0.25, 0.3) is 55.8 Å². The number of hydrogen-bond donors (Lipinski definition) is 0. The Balaban J connectivity index is 0.000000225. The van der Waals surface area contributed by atoms with Crippen molar-refractivity contribution in [3.05, 3.63) is 133 Å². The summed E-state index contributed by atoms with van der Waals surface area (Å²) >= 11 is -2.24. The van der Waals surface area contributed by atoms with Crippen molar-refractivity contribution in [2.45, 2.75) is 82.4 Å². The van der Waals surface area contributed by atoms with Crippen LogP contribution < -0.4 is 4.40 Å². The van der Waals surface area contributed by atoms with Crippen LogP contribution in [0.4, 0.5) is 0 Å². The van der Waals surface area contributed by atoms with Gasteiger partial charge in [0.1, 0.15) is 0 Å². The third-order valence-corrected chi connectivity index (χ3v) is 13.4. The van der Waals surface area contributed by atoms with Crippen molar-refractivity contribution < 1.29 is 35.5 Å². The minimum Gasteiger partial charge on any atom is -0.486 e. The van der Waals surface area contributed by atoms with Gasteiger partial charge in [0, 0.05) is 38.6 Å². The molecule has 3 aromatic carbocycles. The smallest absolute Gasteiger partial charge is 0.216 e. The summed E-state index contributed by atoms with van der Waals surface area (Å²) in [4.78, 5) is 13.7. The minimum atomic E-state index is -2.24. The van der Waals surface area contributed by atoms with Gasteiger partial charge in [-0.1, -0.05) is 72.1 Å². The summed E-state index contributed by atoms with van der Waals surface area (Å²) in [6, 6.07) is 25.2. The second-order valence-electron chi connectivity index (χ2n) is 15.4. The molecule has 8 rings (SSSR count). The Hall–Kier alpha value is -3.90. The van der Waals surface area contributed by atoms with E-state index in [9.17, 15) is 0 Å². The zero-order valence-electron chi connectivity index (χ0n) is 39.1. The van der Waals surface area contributed by atoms with Gasteiger partial charge in [0.25, 0.3) is 0 Å². The van der Waals surface area contributed by atoms with E-state index in [0.29, 0.717) is 22.6 Å². The largest absolute Gasteiger partial charge is 0.486 e. The fraction of sp³-hybridized carbons (Fsp3) is 0.298. The molecule has 1 aliphatic carbocycles. The van der Waals surface area contributed by atoms with Crippen LogP contribution in [0, 0.1) is 17.5 Å². The third-order valence-electron chi connectivity index (χ3n) is 9.14. The topological polar surface area (TPSA) is 51.8 Å². The van der Waals surface area contributed by atoms with E-state index in [2.05, 4.69) is 44.4 Å². The first-order valence-electron chi connectivity index (χ1n) is 22.0.